The molecule has 0 N–H and O–H groups in total. The van der Waals surface area contributed by atoms with Crippen molar-refractivity contribution in [2.45, 2.75) is 69.4 Å². The van der Waals surface area contributed by atoms with Crippen molar-refractivity contribution in [3.63, 3.8) is 0 Å². The van der Waals surface area contributed by atoms with E-state index >= 15 is 0 Å². The zero-order chi connectivity index (χ0) is 19.1. The Bertz CT molecular complexity index is 537. The summed E-state index contributed by atoms with van der Waals surface area (Å²) in [7, 11) is -1.83. The monoisotopic (exact) mass is 400 g/mol. The van der Waals surface area contributed by atoms with Crippen molar-refractivity contribution >= 4 is 37.8 Å². The van der Waals surface area contributed by atoms with Crippen molar-refractivity contribution in [1.82, 2.24) is 0 Å². The van der Waals surface area contributed by atoms with Crippen LogP contribution in [0.4, 0.5) is 0 Å². The summed E-state index contributed by atoms with van der Waals surface area (Å²) in [5.74, 6) is 8.22. The first-order valence-electron chi connectivity index (χ1n) is 8.75. The lowest BCUT2D eigenvalue weighted by atomic mass is 10.1. The van der Waals surface area contributed by atoms with Gasteiger partial charge in [0, 0.05) is 6.92 Å². The van der Waals surface area contributed by atoms with Crippen LogP contribution < -0.4 is 0 Å². The second-order valence-corrected chi connectivity index (χ2v) is 15.2. The third-order valence-corrected chi connectivity index (χ3v) is 12.1. The van der Waals surface area contributed by atoms with E-state index in [1.165, 1.54) is 13.3 Å². The highest BCUT2D eigenvalue weighted by atomic mass is 32.2. The molecule has 6 heteroatoms. The summed E-state index contributed by atoms with van der Waals surface area (Å²) < 4.78 is 12.0. The van der Waals surface area contributed by atoms with Crippen LogP contribution in [0, 0.1) is 11.8 Å². The molecule has 0 aromatic heterocycles. The molecule has 25 heavy (non-hydrogen) atoms. The van der Waals surface area contributed by atoms with Crippen LogP contribution in [-0.4, -0.2) is 42.6 Å². The molecule has 3 nitrogen and oxygen atoms in total. The first-order valence-corrected chi connectivity index (χ1v) is 13.8. The average molecular weight is 401 g/mol. The number of carbonyl (C=O) groups is 1. The van der Waals surface area contributed by atoms with Crippen LogP contribution in [0.3, 0.4) is 0 Å². The first-order chi connectivity index (χ1) is 11.5. The summed E-state index contributed by atoms with van der Waals surface area (Å²) in [5.41, 5.74) is -0.882. The van der Waals surface area contributed by atoms with E-state index in [4.69, 9.17) is 9.16 Å². The Balaban J connectivity index is 2.99. The minimum atomic E-state index is -1.83. The van der Waals surface area contributed by atoms with Gasteiger partial charge in [-0.05, 0) is 55.0 Å². The van der Waals surface area contributed by atoms with E-state index in [9.17, 15) is 4.79 Å². The van der Waals surface area contributed by atoms with Crippen molar-refractivity contribution in [1.29, 1.82) is 0 Å². The summed E-state index contributed by atoms with van der Waals surface area (Å²) in [6.07, 6.45) is 5.02. The quantitative estimate of drug-likeness (QED) is 0.278. The predicted molar refractivity (Wildman–Crippen MR) is 114 cm³/mol. The number of carbonyl (C=O) groups excluding carboxylic acids is 1. The van der Waals surface area contributed by atoms with Gasteiger partial charge in [0.2, 0.25) is 5.60 Å². The Kier molecular flexibility index (Phi) is 8.66. The molecule has 0 spiro atoms. The van der Waals surface area contributed by atoms with Gasteiger partial charge in [0.15, 0.2) is 8.32 Å². The van der Waals surface area contributed by atoms with E-state index in [1.54, 1.807) is 0 Å². The highest BCUT2D eigenvalue weighted by Crippen LogP contribution is 2.41. The zero-order valence-corrected chi connectivity index (χ0v) is 19.2. The standard InChI is InChI=1S/C19H32O3S2Si/c1-8-11-19(22-16(2)20,17-23-14-10-15-24-17)12-9-13-21-25(6,7)18(3,4)5/h8,11,17H,10,13-15H2,1-7H3/b11-8+. The van der Waals surface area contributed by atoms with Crippen LogP contribution in [0.1, 0.15) is 41.0 Å². The molecule has 1 atom stereocenters. The van der Waals surface area contributed by atoms with E-state index in [0.717, 1.165) is 11.5 Å². The molecule has 0 aromatic rings. The number of ether oxygens (including phenoxy) is 1. The first kappa shape index (κ1) is 22.7. The van der Waals surface area contributed by atoms with Gasteiger partial charge in [0.1, 0.15) is 4.58 Å². The zero-order valence-electron chi connectivity index (χ0n) is 16.6. The van der Waals surface area contributed by atoms with Crippen molar-refractivity contribution in [2.24, 2.45) is 0 Å². The van der Waals surface area contributed by atoms with E-state index in [2.05, 4.69) is 45.7 Å². The molecule has 142 valence electrons. The van der Waals surface area contributed by atoms with Gasteiger partial charge < -0.3 is 9.16 Å². The fraction of sp³-hybridized carbons (Fsp3) is 0.737. The number of esters is 1. The molecule has 1 unspecified atom stereocenters. The van der Waals surface area contributed by atoms with Gasteiger partial charge in [-0.1, -0.05) is 32.8 Å². The van der Waals surface area contributed by atoms with Crippen molar-refractivity contribution in [3.05, 3.63) is 12.2 Å². The van der Waals surface area contributed by atoms with Crippen molar-refractivity contribution < 1.29 is 14.0 Å². The molecule has 1 saturated heterocycles. The number of hydrogen-bond donors (Lipinski definition) is 0. The summed E-state index contributed by atoms with van der Waals surface area (Å²) in [4.78, 5) is 11.7. The number of hydrogen-bond acceptors (Lipinski definition) is 5. The largest absolute Gasteiger partial charge is 0.440 e. The summed E-state index contributed by atoms with van der Waals surface area (Å²) in [5, 5.41) is 0.153. The topological polar surface area (TPSA) is 35.5 Å². The number of rotatable bonds is 5. The maximum atomic E-state index is 11.7. The Morgan fingerprint density at radius 3 is 2.36 bits per heavy atom. The van der Waals surface area contributed by atoms with Gasteiger partial charge in [0.05, 0.1) is 6.61 Å². The van der Waals surface area contributed by atoms with Gasteiger partial charge in [0.25, 0.3) is 0 Å². The van der Waals surface area contributed by atoms with E-state index in [1.807, 2.05) is 42.6 Å². The van der Waals surface area contributed by atoms with Gasteiger partial charge in [-0.25, -0.2) is 0 Å². The fourth-order valence-corrected chi connectivity index (χ4v) is 6.04. The van der Waals surface area contributed by atoms with E-state index in [0.29, 0.717) is 6.61 Å². The molecule has 0 radical (unpaired) electrons. The highest BCUT2D eigenvalue weighted by Gasteiger charge is 2.40. The maximum absolute atomic E-state index is 11.7. The number of allylic oxidation sites excluding steroid dienone is 1. The lowest BCUT2D eigenvalue weighted by molar-refractivity contribution is -0.147. The average Bonchev–Trinajstić information content (AvgIpc) is 2.51. The summed E-state index contributed by atoms with van der Waals surface area (Å²) in [6, 6.07) is 0. The third kappa shape index (κ3) is 6.71. The molecular weight excluding hydrogens is 368 g/mol. The van der Waals surface area contributed by atoms with Crippen LogP contribution >= 0.6 is 23.5 Å². The molecule has 0 aromatic carbocycles. The lowest BCUT2D eigenvalue weighted by Crippen LogP contribution is -2.42. The molecule has 1 aliphatic rings. The Morgan fingerprint density at radius 2 is 1.88 bits per heavy atom. The molecule has 0 aliphatic carbocycles. The van der Waals surface area contributed by atoms with E-state index < -0.39 is 13.9 Å². The Hall–Kier alpha value is -0.353. The van der Waals surface area contributed by atoms with Crippen LogP contribution in [0.25, 0.3) is 0 Å². The second-order valence-electron chi connectivity index (χ2n) is 7.66. The lowest BCUT2D eigenvalue weighted by Gasteiger charge is -2.36. The van der Waals surface area contributed by atoms with Gasteiger partial charge in [-0.2, -0.15) is 0 Å². The van der Waals surface area contributed by atoms with Crippen LogP contribution in [-0.2, 0) is 14.0 Å². The van der Waals surface area contributed by atoms with Crippen molar-refractivity contribution in [2.75, 3.05) is 18.1 Å². The van der Waals surface area contributed by atoms with Crippen LogP contribution in [0.5, 0.6) is 0 Å². The number of thioether (sulfide) groups is 2. The minimum absolute atomic E-state index is 0.0988. The van der Waals surface area contributed by atoms with Gasteiger partial charge in [-0.15, -0.1) is 23.5 Å². The van der Waals surface area contributed by atoms with E-state index in [-0.39, 0.29) is 15.6 Å². The van der Waals surface area contributed by atoms with Gasteiger partial charge in [-0.3, -0.25) is 4.79 Å². The molecule has 0 bridgehead atoms. The Morgan fingerprint density at radius 1 is 1.28 bits per heavy atom. The molecule has 1 heterocycles. The minimum Gasteiger partial charge on any atom is -0.440 e. The van der Waals surface area contributed by atoms with Gasteiger partial charge >= 0.3 is 5.97 Å². The maximum Gasteiger partial charge on any atom is 0.304 e. The summed E-state index contributed by atoms with van der Waals surface area (Å²) >= 11 is 3.64. The third-order valence-electron chi connectivity index (χ3n) is 4.50. The van der Waals surface area contributed by atoms with Crippen LogP contribution in [0.15, 0.2) is 12.2 Å². The summed E-state index contributed by atoms with van der Waals surface area (Å²) in [6.45, 7) is 14.8. The smallest absolute Gasteiger partial charge is 0.304 e. The molecule has 1 fully saturated rings. The Labute approximate surface area is 163 Å². The SMILES string of the molecule is C/C=C/C(C#CCO[Si](C)(C)C(C)(C)C)(OC(C)=O)C1SCCCS1. The normalized spacial score (nSPS) is 19.2. The highest BCUT2D eigenvalue weighted by molar-refractivity contribution is 8.17. The molecular formula is C19H32O3S2Si. The fourth-order valence-electron chi connectivity index (χ4n) is 2.11. The van der Waals surface area contributed by atoms with Crippen LogP contribution in [0.2, 0.25) is 18.1 Å². The molecule has 1 rings (SSSR count). The van der Waals surface area contributed by atoms with Crippen molar-refractivity contribution in [3.8, 4) is 11.8 Å². The molecule has 0 amide bonds. The molecule has 0 saturated carbocycles. The predicted octanol–water partition coefficient (Wildman–Crippen LogP) is 5.09. The molecule has 1 aliphatic heterocycles. The second kappa shape index (κ2) is 9.54.